The van der Waals surface area contributed by atoms with Crippen molar-refractivity contribution in [1.82, 2.24) is 15.5 Å². The zero-order valence-corrected chi connectivity index (χ0v) is 12.9. The molecular weight excluding hydrogens is 309 g/mol. The largest absolute Gasteiger partial charge is 0.350 e. The molecule has 0 bridgehead atoms. The molecule has 6 heteroatoms. The van der Waals surface area contributed by atoms with Crippen LogP contribution >= 0.6 is 0 Å². The third-order valence-corrected chi connectivity index (χ3v) is 3.76. The van der Waals surface area contributed by atoms with Crippen LogP contribution in [-0.4, -0.2) is 16.1 Å². The normalized spacial score (nSPS) is 10.7. The summed E-state index contributed by atoms with van der Waals surface area (Å²) in [5.41, 5.74) is 1.12. The molecule has 0 spiro atoms. The highest BCUT2D eigenvalue weighted by atomic mass is 19.1. The first kappa shape index (κ1) is 15.9. The number of fused-ring (bicyclic) bond motifs is 1. The monoisotopic (exact) mass is 325 g/mol. The molecule has 2 N–H and O–H groups in total. The summed E-state index contributed by atoms with van der Waals surface area (Å²) in [6.07, 6.45) is 0.716. The summed E-state index contributed by atoms with van der Waals surface area (Å²) in [6.45, 7) is 0.222. The van der Waals surface area contributed by atoms with Gasteiger partial charge in [0.2, 0.25) is 5.91 Å². The van der Waals surface area contributed by atoms with E-state index in [2.05, 4.69) is 15.5 Å². The number of hydrogen-bond acceptors (Lipinski definition) is 3. The first-order valence-electron chi connectivity index (χ1n) is 7.61. The standard InChI is InChI=1S/C18H16FN3O2/c19-13-5-3-4-12(10-13)8-9-17(23)20-11-16-14-6-1-2-7-15(14)18(24)22-21-16/h1-7,10H,8-9,11H2,(H,20,23)(H,22,24). The molecule has 5 nitrogen and oxygen atoms in total. The Bertz CT molecular complexity index is 937. The Morgan fingerprint density at radius 1 is 1.12 bits per heavy atom. The lowest BCUT2D eigenvalue weighted by atomic mass is 10.1. The summed E-state index contributed by atoms with van der Waals surface area (Å²) in [4.78, 5) is 23.7. The Hall–Kier alpha value is -3.02. The van der Waals surface area contributed by atoms with Crippen LogP contribution in [0, 0.1) is 5.82 Å². The Morgan fingerprint density at radius 3 is 2.71 bits per heavy atom. The van der Waals surface area contributed by atoms with Crippen molar-refractivity contribution in [1.29, 1.82) is 0 Å². The maximum atomic E-state index is 13.1. The van der Waals surface area contributed by atoms with Gasteiger partial charge in [0.1, 0.15) is 5.82 Å². The average molecular weight is 325 g/mol. The Kier molecular flexibility index (Phi) is 4.65. The number of H-pyrrole nitrogens is 1. The fraction of sp³-hybridized carbons (Fsp3) is 0.167. The summed E-state index contributed by atoms with van der Waals surface area (Å²) in [6, 6.07) is 13.3. The van der Waals surface area contributed by atoms with Gasteiger partial charge in [0.05, 0.1) is 17.6 Å². The highest BCUT2D eigenvalue weighted by Gasteiger charge is 2.08. The van der Waals surface area contributed by atoms with Gasteiger partial charge < -0.3 is 5.32 Å². The second kappa shape index (κ2) is 7.04. The molecule has 1 aromatic heterocycles. The fourth-order valence-corrected chi connectivity index (χ4v) is 2.53. The van der Waals surface area contributed by atoms with Crippen molar-refractivity contribution in [3.05, 3.63) is 76.0 Å². The van der Waals surface area contributed by atoms with Crippen molar-refractivity contribution in [2.24, 2.45) is 0 Å². The molecule has 0 saturated carbocycles. The fourth-order valence-electron chi connectivity index (χ4n) is 2.53. The van der Waals surface area contributed by atoms with Crippen LogP contribution in [0.5, 0.6) is 0 Å². The molecule has 0 aliphatic rings. The molecule has 0 radical (unpaired) electrons. The Labute approximate surface area is 137 Å². The number of amides is 1. The lowest BCUT2D eigenvalue weighted by Crippen LogP contribution is -2.24. The van der Waals surface area contributed by atoms with Gasteiger partial charge in [0.15, 0.2) is 0 Å². The number of aryl methyl sites for hydroxylation is 1. The van der Waals surface area contributed by atoms with Gasteiger partial charge in [-0.15, -0.1) is 0 Å². The number of aromatic amines is 1. The van der Waals surface area contributed by atoms with E-state index >= 15 is 0 Å². The Morgan fingerprint density at radius 2 is 1.92 bits per heavy atom. The molecule has 0 unspecified atom stereocenters. The third kappa shape index (κ3) is 3.65. The first-order chi connectivity index (χ1) is 11.6. The minimum atomic E-state index is -0.309. The molecule has 24 heavy (non-hydrogen) atoms. The van der Waals surface area contributed by atoms with Gasteiger partial charge in [-0.1, -0.05) is 30.3 Å². The number of rotatable bonds is 5. The summed E-state index contributed by atoms with van der Waals surface area (Å²) >= 11 is 0. The van der Waals surface area contributed by atoms with Gasteiger partial charge in [0, 0.05) is 11.8 Å². The lowest BCUT2D eigenvalue weighted by Gasteiger charge is -2.07. The number of benzene rings is 2. The van der Waals surface area contributed by atoms with Crippen LogP contribution in [0.4, 0.5) is 4.39 Å². The van der Waals surface area contributed by atoms with Crippen LogP contribution in [0.25, 0.3) is 10.8 Å². The third-order valence-electron chi connectivity index (χ3n) is 3.76. The first-order valence-corrected chi connectivity index (χ1v) is 7.61. The van der Waals surface area contributed by atoms with Crippen molar-refractivity contribution in [2.45, 2.75) is 19.4 Å². The van der Waals surface area contributed by atoms with Crippen LogP contribution in [0.3, 0.4) is 0 Å². The molecule has 1 heterocycles. The smallest absolute Gasteiger partial charge is 0.272 e. The highest BCUT2D eigenvalue weighted by molar-refractivity contribution is 5.84. The minimum absolute atomic E-state index is 0.156. The summed E-state index contributed by atoms with van der Waals surface area (Å²) in [5, 5.41) is 10.5. The van der Waals surface area contributed by atoms with E-state index in [1.807, 2.05) is 6.07 Å². The number of aromatic nitrogens is 2. The van der Waals surface area contributed by atoms with Crippen LogP contribution in [0.1, 0.15) is 17.7 Å². The Balaban J connectivity index is 1.63. The SMILES string of the molecule is O=C(CCc1cccc(F)c1)NCc1n[nH]c(=O)c2ccccc12. The number of nitrogens with zero attached hydrogens (tertiary/aromatic N) is 1. The minimum Gasteiger partial charge on any atom is -0.350 e. The second-order valence-corrected chi connectivity index (χ2v) is 5.45. The van der Waals surface area contributed by atoms with E-state index in [9.17, 15) is 14.0 Å². The van der Waals surface area contributed by atoms with Crippen LogP contribution < -0.4 is 10.9 Å². The zero-order chi connectivity index (χ0) is 16.9. The van der Waals surface area contributed by atoms with Crippen molar-refractivity contribution in [3.63, 3.8) is 0 Å². The van der Waals surface area contributed by atoms with E-state index in [4.69, 9.17) is 0 Å². The molecule has 0 aliphatic carbocycles. The zero-order valence-electron chi connectivity index (χ0n) is 12.9. The summed E-state index contributed by atoms with van der Waals surface area (Å²) in [5.74, 6) is -0.465. The molecule has 3 aromatic rings. The van der Waals surface area contributed by atoms with E-state index in [-0.39, 0.29) is 30.2 Å². The van der Waals surface area contributed by atoms with Crippen molar-refractivity contribution >= 4 is 16.7 Å². The predicted molar refractivity (Wildman–Crippen MR) is 88.9 cm³/mol. The number of hydrogen-bond donors (Lipinski definition) is 2. The molecule has 3 rings (SSSR count). The quantitative estimate of drug-likeness (QED) is 0.756. The van der Waals surface area contributed by atoms with Gasteiger partial charge in [-0.25, -0.2) is 9.49 Å². The molecule has 2 aromatic carbocycles. The van der Waals surface area contributed by atoms with Crippen molar-refractivity contribution in [3.8, 4) is 0 Å². The molecule has 0 aliphatic heterocycles. The number of carbonyl (C=O) groups is 1. The molecule has 1 amide bonds. The summed E-state index contributed by atoms with van der Waals surface area (Å²) in [7, 11) is 0. The van der Waals surface area contributed by atoms with Gasteiger partial charge >= 0.3 is 0 Å². The molecule has 0 atom stereocenters. The van der Waals surface area contributed by atoms with Gasteiger partial charge in [-0.3, -0.25) is 9.59 Å². The van der Waals surface area contributed by atoms with Crippen molar-refractivity contribution < 1.29 is 9.18 Å². The van der Waals surface area contributed by atoms with Crippen LogP contribution in [0.2, 0.25) is 0 Å². The second-order valence-electron chi connectivity index (χ2n) is 5.45. The summed E-state index contributed by atoms with van der Waals surface area (Å²) < 4.78 is 13.1. The molecule has 0 saturated heterocycles. The van der Waals surface area contributed by atoms with E-state index in [1.54, 1.807) is 30.3 Å². The number of carbonyl (C=O) groups excluding carboxylic acids is 1. The van der Waals surface area contributed by atoms with Crippen LogP contribution in [-0.2, 0) is 17.8 Å². The number of halogens is 1. The van der Waals surface area contributed by atoms with Gasteiger partial charge in [0.25, 0.3) is 5.56 Å². The number of nitrogens with one attached hydrogen (secondary N) is 2. The lowest BCUT2D eigenvalue weighted by molar-refractivity contribution is -0.121. The van der Waals surface area contributed by atoms with E-state index in [0.717, 1.165) is 5.56 Å². The maximum Gasteiger partial charge on any atom is 0.272 e. The molecule has 0 fully saturated rings. The van der Waals surface area contributed by atoms with Gasteiger partial charge in [-0.2, -0.15) is 5.10 Å². The topological polar surface area (TPSA) is 74.8 Å². The predicted octanol–water partition coefficient (Wildman–Crippen LogP) is 2.31. The van der Waals surface area contributed by atoms with Crippen LogP contribution in [0.15, 0.2) is 53.3 Å². The van der Waals surface area contributed by atoms with E-state index in [1.165, 1.54) is 12.1 Å². The van der Waals surface area contributed by atoms with Gasteiger partial charge in [-0.05, 0) is 30.2 Å². The average Bonchev–Trinajstić information content (AvgIpc) is 2.60. The van der Waals surface area contributed by atoms with E-state index in [0.29, 0.717) is 22.9 Å². The van der Waals surface area contributed by atoms with Crippen molar-refractivity contribution in [2.75, 3.05) is 0 Å². The maximum absolute atomic E-state index is 13.1. The van der Waals surface area contributed by atoms with E-state index < -0.39 is 0 Å². The molecule has 122 valence electrons. The highest BCUT2D eigenvalue weighted by Crippen LogP contribution is 2.12. The molecular formula is C18H16FN3O2.